The van der Waals surface area contributed by atoms with Gasteiger partial charge in [0.2, 0.25) is 0 Å². The van der Waals surface area contributed by atoms with Crippen molar-refractivity contribution in [2.45, 2.75) is 13.5 Å². The fourth-order valence-corrected chi connectivity index (χ4v) is 3.80. The number of nitrogens with zero attached hydrogens (tertiary/aromatic N) is 3. The first-order valence-corrected chi connectivity index (χ1v) is 10.1. The van der Waals surface area contributed by atoms with Crippen LogP contribution in [0, 0.1) is 6.92 Å². The van der Waals surface area contributed by atoms with Gasteiger partial charge in [0.1, 0.15) is 9.88 Å². The number of aromatic nitrogens is 2. The zero-order valence-electron chi connectivity index (χ0n) is 15.4. The van der Waals surface area contributed by atoms with E-state index in [9.17, 15) is 9.59 Å². The molecule has 0 saturated heterocycles. The van der Waals surface area contributed by atoms with Crippen LogP contribution in [0.2, 0.25) is 0 Å². The number of likely N-dealkylation sites (N-methyl/N-ethyl adjacent to an activating group) is 1. The molecule has 0 radical (unpaired) electrons. The van der Waals surface area contributed by atoms with Crippen LogP contribution in [0.25, 0.3) is 10.7 Å². The molecule has 0 spiro atoms. The van der Waals surface area contributed by atoms with Gasteiger partial charge in [-0.05, 0) is 30.7 Å². The summed E-state index contributed by atoms with van der Waals surface area (Å²) in [4.78, 5) is 35.2. The van der Waals surface area contributed by atoms with E-state index in [0.29, 0.717) is 27.8 Å². The summed E-state index contributed by atoms with van der Waals surface area (Å²) < 4.78 is 6.14. The number of esters is 1. The Morgan fingerprint density at radius 3 is 2.64 bits per heavy atom. The van der Waals surface area contributed by atoms with Crippen molar-refractivity contribution in [2.24, 2.45) is 0 Å². The fourth-order valence-electron chi connectivity index (χ4n) is 2.46. The van der Waals surface area contributed by atoms with Gasteiger partial charge >= 0.3 is 5.97 Å². The molecule has 3 rings (SSSR count). The van der Waals surface area contributed by atoms with E-state index in [4.69, 9.17) is 4.74 Å². The van der Waals surface area contributed by atoms with Crippen LogP contribution in [0.1, 0.15) is 20.9 Å². The van der Waals surface area contributed by atoms with Gasteiger partial charge in [-0.2, -0.15) is 0 Å². The van der Waals surface area contributed by atoms with Crippen LogP contribution in [0.3, 0.4) is 0 Å². The number of carbonyl (C=O) groups is 2. The normalized spacial score (nSPS) is 10.5. The average Bonchev–Trinajstić information content (AvgIpc) is 3.10. The number of hydrogen-bond donors (Lipinski definition) is 0. The van der Waals surface area contributed by atoms with Crippen molar-refractivity contribution in [3.63, 3.8) is 0 Å². The quantitative estimate of drug-likeness (QED) is 0.519. The number of ether oxygens (including phenoxy) is 1. The summed E-state index contributed by atoms with van der Waals surface area (Å²) in [6.45, 7) is 1.83. The third-order valence-electron chi connectivity index (χ3n) is 3.98. The Morgan fingerprint density at radius 1 is 1.18 bits per heavy atom. The minimum Gasteiger partial charge on any atom is -0.451 e. The summed E-state index contributed by atoms with van der Waals surface area (Å²) in [6.07, 6.45) is 1.67. The van der Waals surface area contributed by atoms with E-state index in [0.717, 1.165) is 10.0 Å². The zero-order chi connectivity index (χ0) is 20.1. The van der Waals surface area contributed by atoms with E-state index in [1.54, 1.807) is 20.2 Å². The lowest BCUT2D eigenvalue weighted by Crippen LogP contribution is -2.30. The van der Waals surface area contributed by atoms with Gasteiger partial charge in [-0.1, -0.05) is 40.2 Å². The molecule has 0 saturated carbocycles. The van der Waals surface area contributed by atoms with Gasteiger partial charge in [-0.3, -0.25) is 9.78 Å². The highest BCUT2D eigenvalue weighted by Crippen LogP contribution is 2.27. The second-order valence-corrected chi connectivity index (χ2v) is 7.92. The van der Waals surface area contributed by atoms with Crippen LogP contribution in [-0.4, -0.2) is 40.4 Å². The molecule has 0 aliphatic heterocycles. The second-order valence-electron chi connectivity index (χ2n) is 6.07. The van der Waals surface area contributed by atoms with E-state index in [-0.39, 0.29) is 12.5 Å². The summed E-state index contributed by atoms with van der Waals surface area (Å²) in [5, 5.41) is 0.641. The summed E-state index contributed by atoms with van der Waals surface area (Å²) in [5.74, 6) is -0.837. The molecule has 0 aliphatic carbocycles. The molecule has 8 heteroatoms. The number of halogens is 1. The Labute approximate surface area is 175 Å². The number of benzene rings is 1. The largest absolute Gasteiger partial charge is 0.451 e. The molecule has 2 heterocycles. The maximum atomic E-state index is 12.4. The highest BCUT2D eigenvalue weighted by Gasteiger charge is 2.20. The summed E-state index contributed by atoms with van der Waals surface area (Å²) in [7, 11) is 1.67. The van der Waals surface area contributed by atoms with Crippen molar-refractivity contribution < 1.29 is 14.3 Å². The predicted octanol–water partition coefficient (Wildman–Crippen LogP) is 4.09. The van der Waals surface area contributed by atoms with E-state index in [1.807, 2.05) is 42.5 Å². The molecule has 28 heavy (non-hydrogen) atoms. The number of carbonyl (C=O) groups excluding carboxylic acids is 2. The van der Waals surface area contributed by atoms with Crippen molar-refractivity contribution in [3.05, 3.63) is 69.3 Å². The third-order valence-corrected chi connectivity index (χ3v) is 5.92. The van der Waals surface area contributed by atoms with Gasteiger partial charge in [0.15, 0.2) is 6.61 Å². The topological polar surface area (TPSA) is 72.4 Å². The van der Waals surface area contributed by atoms with Gasteiger partial charge in [0.25, 0.3) is 5.91 Å². The van der Waals surface area contributed by atoms with E-state index < -0.39 is 5.97 Å². The lowest BCUT2D eigenvalue weighted by atomic mass is 10.2. The van der Waals surface area contributed by atoms with Crippen LogP contribution >= 0.6 is 27.3 Å². The number of thiazole rings is 1. The van der Waals surface area contributed by atoms with E-state index in [1.165, 1.54) is 16.2 Å². The maximum Gasteiger partial charge on any atom is 0.350 e. The van der Waals surface area contributed by atoms with Crippen molar-refractivity contribution in [1.29, 1.82) is 0 Å². The smallest absolute Gasteiger partial charge is 0.350 e. The molecule has 1 amide bonds. The van der Waals surface area contributed by atoms with Crippen molar-refractivity contribution >= 4 is 39.1 Å². The number of aryl methyl sites for hydroxylation is 1. The Morgan fingerprint density at radius 2 is 1.93 bits per heavy atom. The molecule has 1 aromatic carbocycles. The Kier molecular flexibility index (Phi) is 6.53. The molecule has 0 fully saturated rings. The molecule has 0 aliphatic rings. The number of pyridine rings is 1. The second kappa shape index (κ2) is 9.07. The highest BCUT2D eigenvalue weighted by molar-refractivity contribution is 9.10. The highest BCUT2D eigenvalue weighted by atomic mass is 79.9. The number of rotatable bonds is 6. The molecule has 0 atom stereocenters. The van der Waals surface area contributed by atoms with Crippen LogP contribution in [0.5, 0.6) is 0 Å². The third kappa shape index (κ3) is 4.82. The van der Waals surface area contributed by atoms with Gasteiger partial charge in [0, 0.05) is 24.3 Å². The molecule has 3 aromatic rings. The monoisotopic (exact) mass is 459 g/mol. The van der Waals surface area contributed by atoms with Gasteiger partial charge < -0.3 is 9.64 Å². The van der Waals surface area contributed by atoms with Gasteiger partial charge in [-0.15, -0.1) is 11.3 Å². The molecule has 144 valence electrons. The lowest BCUT2D eigenvalue weighted by Gasteiger charge is -2.18. The fraction of sp³-hybridized carbons (Fsp3) is 0.200. The van der Waals surface area contributed by atoms with Crippen LogP contribution in [-0.2, 0) is 16.1 Å². The summed E-state index contributed by atoms with van der Waals surface area (Å²) in [5.41, 5.74) is 2.23. The predicted molar refractivity (Wildman–Crippen MR) is 111 cm³/mol. The first kappa shape index (κ1) is 20.2. The number of hydrogen-bond acceptors (Lipinski definition) is 6. The number of amides is 1. The van der Waals surface area contributed by atoms with Gasteiger partial charge in [-0.25, -0.2) is 9.78 Å². The van der Waals surface area contributed by atoms with Gasteiger partial charge in [0.05, 0.1) is 11.4 Å². The van der Waals surface area contributed by atoms with Crippen LogP contribution in [0.4, 0.5) is 0 Å². The van der Waals surface area contributed by atoms with Crippen molar-refractivity contribution in [3.8, 4) is 10.7 Å². The molecule has 0 unspecified atom stereocenters. The molecule has 0 bridgehead atoms. The molecule has 0 N–H and O–H groups in total. The molecule has 6 nitrogen and oxygen atoms in total. The first-order valence-electron chi connectivity index (χ1n) is 8.49. The van der Waals surface area contributed by atoms with E-state index >= 15 is 0 Å². The molecular formula is C20H18BrN3O3S. The first-order chi connectivity index (χ1) is 13.5. The minimum atomic E-state index is -0.556. The standard InChI is InChI=1S/C20H18BrN3O3S/c1-13-18(28-19(23-13)16-9-5-6-10-22-16)20(26)27-12-17(25)24(2)11-14-7-3-4-8-15(14)21/h3-10H,11-12H2,1-2H3. The Bertz CT molecular complexity index is 991. The SMILES string of the molecule is Cc1nc(-c2ccccn2)sc1C(=O)OCC(=O)N(C)Cc1ccccc1Br. The minimum absolute atomic E-state index is 0.281. The summed E-state index contributed by atoms with van der Waals surface area (Å²) >= 11 is 4.67. The summed E-state index contributed by atoms with van der Waals surface area (Å²) in [6, 6.07) is 13.2. The van der Waals surface area contributed by atoms with Crippen molar-refractivity contribution in [2.75, 3.05) is 13.7 Å². The van der Waals surface area contributed by atoms with Crippen LogP contribution in [0.15, 0.2) is 53.1 Å². The Balaban J connectivity index is 1.60. The average molecular weight is 460 g/mol. The van der Waals surface area contributed by atoms with Crippen LogP contribution < -0.4 is 0 Å². The lowest BCUT2D eigenvalue weighted by molar-refractivity contribution is -0.133. The van der Waals surface area contributed by atoms with Crippen molar-refractivity contribution in [1.82, 2.24) is 14.9 Å². The zero-order valence-corrected chi connectivity index (χ0v) is 17.8. The maximum absolute atomic E-state index is 12.4. The van der Waals surface area contributed by atoms with E-state index in [2.05, 4.69) is 25.9 Å². The molecular weight excluding hydrogens is 442 g/mol. The molecule has 2 aromatic heterocycles. The Hall–Kier alpha value is -2.58.